The van der Waals surface area contributed by atoms with Gasteiger partial charge in [0.05, 0.1) is 5.69 Å². The Bertz CT molecular complexity index is 313. The van der Waals surface area contributed by atoms with Gasteiger partial charge in [0.1, 0.15) is 0 Å². The average Bonchev–Trinajstić information content (AvgIpc) is 2.94. The van der Waals surface area contributed by atoms with E-state index in [1.807, 2.05) is 0 Å². The van der Waals surface area contributed by atoms with E-state index in [2.05, 4.69) is 35.0 Å². The van der Waals surface area contributed by atoms with Crippen molar-refractivity contribution in [2.75, 3.05) is 6.54 Å². The van der Waals surface area contributed by atoms with Crippen LogP contribution in [0.2, 0.25) is 0 Å². The summed E-state index contributed by atoms with van der Waals surface area (Å²) in [5.74, 6) is 0. The first-order chi connectivity index (χ1) is 7.25. The van der Waals surface area contributed by atoms with E-state index in [0.29, 0.717) is 0 Å². The highest BCUT2D eigenvalue weighted by Gasteiger charge is 2.19. The second-order valence-electron chi connectivity index (χ2n) is 4.59. The number of aromatic nitrogens is 2. The van der Waals surface area contributed by atoms with Crippen molar-refractivity contribution >= 4 is 0 Å². The summed E-state index contributed by atoms with van der Waals surface area (Å²) in [6.45, 7) is 6.41. The third-order valence-electron chi connectivity index (χ3n) is 2.91. The SMILES string of the molecule is Cc1cc(C)n(CCCCNC2CC2)n1. The number of hydrogen-bond acceptors (Lipinski definition) is 2. The van der Waals surface area contributed by atoms with Crippen molar-refractivity contribution in [1.82, 2.24) is 15.1 Å². The topological polar surface area (TPSA) is 29.9 Å². The molecule has 1 aliphatic carbocycles. The van der Waals surface area contributed by atoms with Crippen LogP contribution in [0.25, 0.3) is 0 Å². The molecule has 0 atom stereocenters. The van der Waals surface area contributed by atoms with Gasteiger partial charge in [0.25, 0.3) is 0 Å². The Hall–Kier alpha value is -0.830. The monoisotopic (exact) mass is 207 g/mol. The van der Waals surface area contributed by atoms with Crippen molar-refractivity contribution in [2.24, 2.45) is 0 Å². The summed E-state index contributed by atoms with van der Waals surface area (Å²) >= 11 is 0. The second kappa shape index (κ2) is 4.79. The van der Waals surface area contributed by atoms with Crippen LogP contribution in [-0.4, -0.2) is 22.4 Å². The summed E-state index contributed by atoms with van der Waals surface area (Å²) in [6, 6.07) is 2.99. The zero-order chi connectivity index (χ0) is 10.7. The maximum atomic E-state index is 4.45. The third kappa shape index (κ3) is 3.34. The molecule has 2 rings (SSSR count). The predicted octanol–water partition coefficient (Wildman–Crippen LogP) is 2.03. The van der Waals surface area contributed by atoms with Crippen LogP contribution < -0.4 is 5.32 Å². The zero-order valence-electron chi connectivity index (χ0n) is 9.79. The minimum absolute atomic E-state index is 0.846. The summed E-state index contributed by atoms with van der Waals surface area (Å²) < 4.78 is 2.12. The Morgan fingerprint density at radius 2 is 2.20 bits per heavy atom. The molecule has 1 aromatic rings. The van der Waals surface area contributed by atoms with Crippen molar-refractivity contribution in [3.8, 4) is 0 Å². The summed E-state index contributed by atoms with van der Waals surface area (Å²) in [6.07, 6.45) is 5.26. The van der Waals surface area contributed by atoms with E-state index in [-0.39, 0.29) is 0 Å². The van der Waals surface area contributed by atoms with Crippen molar-refractivity contribution in [2.45, 2.75) is 52.1 Å². The summed E-state index contributed by atoms with van der Waals surface area (Å²) in [4.78, 5) is 0. The van der Waals surface area contributed by atoms with Gasteiger partial charge in [-0.1, -0.05) is 0 Å². The van der Waals surface area contributed by atoms with Gasteiger partial charge >= 0.3 is 0 Å². The van der Waals surface area contributed by atoms with E-state index in [1.165, 1.54) is 37.9 Å². The molecule has 3 heteroatoms. The highest BCUT2D eigenvalue weighted by Crippen LogP contribution is 2.18. The van der Waals surface area contributed by atoms with Gasteiger partial charge < -0.3 is 5.32 Å². The molecule has 0 aromatic carbocycles. The molecule has 0 bridgehead atoms. The molecular weight excluding hydrogens is 186 g/mol. The van der Waals surface area contributed by atoms with Gasteiger partial charge in [0, 0.05) is 18.3 Å². The van der Waals surface area contributed by atoms with Crippen LogP contribution in [0.15, 0.2) is 6.07 Å². The van der Waals surface area contributed by atoms with Gasteiger partial charge in [-0.15, -0.1) is 0 Å². The zero-order valence-corrected chi connectivity index (χ0v) is 9.79. The second-order valence-corrected chi connectivity index (χ2v) is 4.59. The maximum absolute atomic E-state index is 4.45. The summed E-state index contributed by atoms with van der Waals surface area (Å²) in [7, 11) is 0. The van der Waals surface area contributed by atoms with Crippen LogP contribution in [0.4, 0.5) is 0 Å². The molecule has 0 unspecified atom stereocenters. The van der Waals surface area contributed by atoms with E-state index in [0.717, 1.165) is 18.3 Å². The molecule has 0 aliphatic heterocycles. The van der Waals surface area contributed by atoms with Crippen LogP contribution in [0.1, 0.15) is 37.1 Å². The van der Waals surface area contributed by atoms with Crippen LogP contribution in [0, 0.1) is 13.8 Å². The lowest BCUT2D eigenvalue weighted by Gasteiger charge is -2.05. The first-order valence-corrected chi connectivity index (χ1v) is 6.00. The Labute approximate surface area is 91.9 Å². The van der Waals surface area contributed by atoms with E-state index in [9.17, 15) is 0 Å². The smallest absolute Gasteiger partial charge is 0.0596 e. The average molecular weight is 207 g/mol. The fourth-order valence-corrected chi connectivity index (χ4v) is 1.88. The molecule has 0 amide bonds. The maximum Gasteiger partial charge on any atom is 0.0596 e. The van der Waals surface area contributed by atoms with Crippen molar-refractivity contribution in [3.05, 3.63) is 17.5 Å². The summed E-state index contributed by atoms with van der Waals surface area (Å²) in [5, 5.41) is 7.98. The third-order valence-corrected chi connectivity index (χ3v) is 2.91. The van der Waals surface area contributed by atoms with Gasteiger partial charge in [-0.2, -0.15) is 5.10 Å². The highest BCUT2D eigenvalue weighted by molar-refractivity contribution is 5.06. The molecule has 1 saturated carbocycles. The molecule has 0 spiro atoms. The Balaban J connectivity index is 1.62. The first kappa shape index (κ1) is 10.7. The van der Waals surface area contributed by atoms with Crippen molar-refractivity contribution in [1.29, 1.82) is 0 Å². The molecule has 1 N–H and O–H groups in total. The molecule has 1 aliphatic rings. The molecule has 0 saturated heterocycles. The molecule has 1 heterocycles. The van der Waals surface area contributed by atoms with Gasteiger partial charge in [0.2, 0.25) is 0 Å². The van der Waals surface area contributed by atoms with Crippen LogP contribution in [-0.2, 0) is 6.54 Å². The molecule has 3 nitrogen and oxygen atoms in total. The van der Waals surface area contributed by atoms with E-state index in [4.69, 9.17) is 0 Å². The van der Waals surface area contributed by atoms with E-state index in [1.54, 1.807) is 0 Å². The van der Waals surface area contributed by atoms with Crippen molar-refractivity contribution < 1.29 is 0 Å². The fourth-order valence-electron chi connectivity index (χ4n) is 1.88. The largest absolute Gasteiger partial charge is 0.314 e. The van der Waals surface area contributed by atoms with Crippen LogP contribution in [0.5, 0.6) is 0 Å². The van der Waals surface area contributed by atoms with E-state index >= 15 is 0 Å². The Morgan fingerprint density at radius 3 is 2.80 bits per heavy atom. The van der Waals surface area contributed by atoms with Crippen molar-refractivity contribution in [3.63, 3.8) is 0 Å². The van der Waals surface area contributed by atoms with E-state index < -0.39 is 0 Å². The number of nitrogens with one attached hydrogen (secondary N) is 1. The molecular formula is C12H21N3. The number of nitrogens with zero attached hydrogens (tertiary/aromatic N) is 2. The lowest BCUT2D eigenvalue weighted by atomic mass is 10.3. The predicted molar refractivity (Wildman–Crippen MR) is 62.0 cm³/mol. The molecule has 1 fully saturated rings. The summed E-state index contributed by atoms with van der Waals surface area (Å²) in [5.41, 5.74) is 2.41. The number of hydrogen-bond donors (Lipinski definition) is 1. The highest BCUT2D eigenvalue weighted by atomic mass is 15.3. The molecule has 84 valence electrons. The van der Waals surface area contributed by atoms with Crippen LogP contribution >= 0.6 is 0 Å². The number of rotatable bonds is 6. The standard InChI is InChI=1S/C12H21N3/c1-10-9-11(2)15(14-10)8-4-3-7-13-12-5-6-12/h9,12-13H,3-8H2,1-2H3. The van der Waals surface area contributed by atoms with Gasteiger partial charge in [-0.25, -0.2) is 0 Å². The normalized spacial score (nSPS) is 15.9. The number of aryl methyl sites for hydroxylation is 3. The Kier molecular flexibility index (Phi) is 3.41. The lowest BCUT2D eigenvalue weighted by Crippen LogP contribution is -2.17. The quantitative estimate of drug-likeness (QED) is 0.723. The molecule has 1 aromatic heterocycles. The first-order valence-electron chi connectivity index (χ1n) is 6.00. The van der Waals surface area contributed by atoms with Gasteiger partial charge in [-0.05, 0) is 52.1 Å². The fraction of sp³-hybridized carbons (Fsp3) is 0.750. The van der Waals surface area contributed by atoms with Gasteiger partial charge in [-0.3, -0.25) is 4.68 Å². The number of unbranched alkanes of at least 4 members (excludes halogenated alkanes) is 1. The Morgan fingerprint density at radius 1 is 1.40 bits per heavy atom. The minimum atomic E-state index is 0.846. The molecule has 0 radical (unpaired) electrons. The van der Waals surface area contributed by atoms with Crippen LogP contribution in [0.3, 0.4) is 0 Å². The lowest BCUT2D eigenvalue weighted by molar-refractivity contribution is 0.524. The minimum Gasteiger partial charge on any atom is -0.314 e. The molecule has 15 heavy (non-hydrogen) atoms. The van der Waals surface area contributed by atoms with Gasteiger partial charge in [0.15, 0.2) is 0 Å².